The molecule has 3 heterocycles. The lowest BCUT2D eigenvalue weighted by Crippen LogP contribution is -2.49. The van der Waals surface area contributed by atoms with Gasteiger partial charge in [-0.1, -0.05) is 15.9 Å². The normalized spacial score (nSPS) is 33.5. The van der Waals surface area contributed by atoms with Gasteiger partial charge in [-0.2, -0.15) is 0 Å². The van der Waals surface area contributed by atoms with Crippen LogP contribution in [0.5, 0.6) is 0 Å². The fourth-order valence-corrected chi connectivity index (χ4v) is 5.64. The topological polar surface area (TPSA) is 54.5 Å². The summed E-state index contributed by atoms with van der Waals surface area (Å²) in [5.41, 5.74) is 1.59. The van der Waals surface area contributed by atoms with Crippen molar-refractivity contribution in [1.82, 2.24) is 0 Å². The fraction of sp³-hybridized carbons (Fsp3) is 0.438. The van der Waals surface area contributed by atoms with E-state index in [9.17, 15) is 14.4 Å². The summed E-state index contributed by atoms with van der Waals surface area (Å²) < 4.78 is 0.943. The van der Waals surface area contributed by atoms with Crippen molar-refractivity contribution >= 4 is 51.0 Å². The molecule has 0 aromatic heterocycles. The molecule has 0 spiro atoms. The Labute approximate surface area is 140 Å². The average Bonchev–Trinajstić information content (AvgIpc) is 2.76. The Morgan fingerprint density at radius 1 is 1.18 bits per heavy atom. The molecule has 0 N–H and O–H groups in total. The molecule has 3 saturated heterocycles. The second-order valence-corrected chi connectivity index (χ2v) is 8.21. The van der Waals surface area contributed by atoms with Crippen LogP contribution in [0.3, 0.4) is 0 Å². The van der Waals surface area contributed by atoms with Gasteiger partial charge in [0.15, 0.2) is 0 Å². The van der Waals surface area contributed by atoms with Gasteiger partial charge in [-0.25, -0.2) is 4.90 Å². The van der Waals surface area contributed by atoms with Crippen LogP contribution in [0, 0.1) is 24.7 Å². The zero-order valence-corrected chi connectivity index (χ0v) is 14.3. The lowest BCUT2D eigenvalue weighted by atomic mass is 9.72. The number of aryl methyl sites for hydroxylation is 1. The van der Waals surface area contributed by atoms with Crippen LogP contribution in [0.1, 0.15) is 12.0 Å². The minimum Gasteiger partial charge on any atom is -0.298 e. The third-order valence-electron chi connectivity index (χ3n) is 4.90. The van der Waals surface area contributed by atoms with E-state index in [0.717, 1.165) is 15.8 Å². The fourth-order valence-electron chi connectivity index (χ4n) is 3.84. The lowest BCUT2D eigenvalue weighted by Gasteiger charge is -2.40. The maximum atomic E-state index is 12.8. The van der Waals surface area contributed by atoms with Crippen molar-refractivity contribution < 1.29 is 14.4 Å². The summed E-state index contributed by atoms with van der Waals surface area (Å²) in [5, 5.41) is -0.326. The van der Waals surface area contributed by atoms with Gasteiger partial charge in [0.25, 0.3) is 0 Å². The molecule has 6 heteroatoms. The molecule has 0 unspecified atom stereocenters. The van der Waals surface area contributed by atoms with E-state index in [0.29, 0.717) is 12.1 Å². The molecule has 1 saturated carbocycles. The molecular weight excluding hydrogens is 366 g/mol. The molecule has 1 aromatic rings. The summed E-state index contributed by atoms with van der Waals surface area (Å²) in [4.78, 5) is 39.0. The second-order valence-electron chi connectivity index (χ2n) is 6.18. The predicted molar refractivity (Wildman–Crippen MR) is 87.7 cm³/mol. The van der Waals surface area contributed by atoms with Crippen molar-refractivity contribution in [2.75, 3.05) is 10.7 Å². The Kier molecular flexibility index (Phi) is 3.24. The van der Waals surface area contributed by atoms with Gasteiger partial charge < -0.3 is 0 Å². The summed E-state index contributed by atoms with van der Waals surface area (Å²) in [5.74, 6) is -0.125. The van der Waals surface area contributed by atoms with Crippen LogP contribution in [0.15, 0.2) is 22.7 Å². The Hall–Kier alpha value is -1.14. The largest absolute Gasteiger partial charge is 0.298 e. The van der Waals surface area contributed by atoms with Crippen molar-refractivity contribution in [3.05, 3.63) is 28.2 Å². The molecular formula is C16H14BrNO3S. The highest BCUT2D eigenvalue weighted by atomic mass is 79.9. The highest BCUT2D eigenvalue weighted by molar-refractivity contribution is 9.10. The molecule has 4 atom stereocenters. The van der Waals surface area contributed by atoms with E-state index in [-0.39, 0.29) is 34.7 Å². The number of ketones is 1. The van der Waals surface area contributed by atoms with Gasteiger partial charge >= 0.3 is 0 Å². The van der Waals surface area contributed by atoms with E-state index in [2.05, 4.69) is 15.9 Å². The van der Waals surface area contributed by atoms with Crippen molar-refractivity contribution in [3.63, 3.8) is 0 Å². The first-order valence-corrected chi connectivity index (χ1v) is 9.11. The molecule has 2 bridgehead atoms. The zero-order valence-electron chi connectivity index (χ0n) is 11.9. The minimum atomic E-state index is -0.457. The first-order chi connectivity index (χ1) is 10.5. The first kappa shape index (κ1) is 14.5. The number of hydrogen-bond donors (Lipinski definition) is 0. The summed E-state index contributed by atoms with van der Waals surface area (Å²) in [6.07, 6.45) is 0.449. The third-order valence-corrected chi connectivity index (χ3v) is 7.33. The Bertz CT molecular complexity index is 719. The Balaban J connectivity index is 1.77. The first-order valence-electron chi connectivity index (χ1n) is 7.27. The van der Waals surface area contributed by atoms with Crippen LogP contribution in [0.4, 0.5) is 5.69 Å². The van der Waals surface area contributed by atoms with E-state index in [1.807, 2.05) is 19.1 Å². The molecule has 1 aromatic carbocycles. The number of carbonyl (C=O) groups excluding carboxylic acids is 3. The number of carbonyl (C=O) groups is 3. The predicted octanol–water partition coefficient (Wildman–Crippen LogP) is 2.57. The van der Waals surface area contributed by atoms with Gasteiger partial charge in [0.2, 0.25) is 11.8 Å². The highest BCUT2D eigenvalue weighted by Crippen LogP contribution is 2.51. The molecule has 4 fully saturated rings. The summed E-state index contributed by atoms with van der Waals surface area (Å²) >= 11 is 4.98. The van der Waals surface area contributed by atoms with Gasteiger partial charge in [0, 0.05) is 10.9 Å². The minimum absolute atomic E-state index is 0.0190. The quantitative estimate of drug-likeness (QED) is 0.703. The van der Waals surface area contributed by atoms with Crippen LogP contribution in [0.2, 0.25) is 0 Å². The Morgan fingerprint density at radius 2 is 1.91 bits per heavy atom. The number of imide groups is 1. The van der Waals surface area contributed by atoms with E-state index in [4.69, 9.17) is 0 Å². The van der Waals surface area contributed by atoms with Crippen LogP contribution in [-0.2, 0) is 14.4 Å². The van der Waals surface area contributed by atoms with Crippen LogP contribution in [-0.4, -0.2) is 28.6 Å². The monoisotopic (exact) mass is 379 g/mol. The summed E-state index contributed by atoms with van der Waals surface area (Å²) in [6.45, 7) is 1.93. The van der Waals surface area contributed by atoms with Crippen LogP contribution in [0.25, 0.3) is 0 Å². The van der Waals surface area contributed by atoms with Gasteiger partial charge in [-0.05, 0) is 42.4 Å². The highest BCUT2D eigenvalue weighted by Gasteiger charge is 2.61. The molecule has 114 valence electrons. The van der Waals surface area contributed by atoms with Gasteiger partial charge in [-0.15, -0.1) is 11.8 Å². The number of benzene rings is 1. The van der Waals surface area contributed by atoms with Gasteiger partial charge in [0.1, 0.15) is 5.78 Å². The van der Waals surface area contributed by atoms with Gasteiger partial charge in [0.05, 0.1) is 22.8 Å². The lowest BCUT2D eigenvalue weighted by molar-refractivity contribution is -0.131. The number of fused-ring (bicyclic) bond motifs is 2. The van der Waals surface area contributed by atoms with E-state index >= 15 is 0 Å². The third kappa shape index (κ3) is 1.86. The van der Waals surface area contributed by atoms with E-state index < -0.39 is 5.92 Å². The summed E-state index contributed by atoms with van der Waals surface area (Å²) in [7, 11) is 0. The molecule has 22 heavy (non-hydrogen) atoms. The SMILES string of the molecule is Cc1cc(N2C(=O)[C@H]3[C@H]4CS[C@H](C(=O)C4)[C@H]3C2=O)ccc1Br. The molecule has 5 rings (SSSR count). The number of Topliss-reactive ketones (excluding diaryl/α,β-unsaturated/α-hetero) is 1. The molecule has 4 nitrogen and oxygen atoms in total. The maximum absolute atomic E-state index is 12.8. The number of nitrogens with zero attached hydrogens (tertiary/aromatic N) is 1. The number of hydrogen-bond acceptors (Lipinski definition) is 4. The van der Waals surface area contributed by atoms with E-state index in [1.165, 1.54) is 4.90 Å². The van der Waals surface area contributed by atoms with Crippen molar-refractivity contribution in [3.8, 4) is 0 Å². The standard InChI is InChI=1S/C16H14BrNO3S/c1-7-4-9(2-3-10(7)17)18-15(20)12-8-5-11(19)14(22-6-8)13(12)16(18)21/h2-4,8,12-14H,5-6H2,1H3/t8-,12+,13+,14-/m1/s1. The van der Waals surface area contributed by atoms with Crippen molar-refractivity contribution in [2.45, 2.75) is 18.6 Å². The summed E-state index contributed by atoms with van der Waals surface area (Å²) in [6, 6.07) is 5.47. The maximum Gasteiger partial charge on any atom is 0.239 e. The molecule has 2 amide bonds. The zero-order chi connectivity index (χ0) is 15.6. The number of thioether (sulfide) groups is 1. The van der Waals surface area contributed by atoms with Crippen LogP contribution < -0.4 is 4.90 Å². The van der Waals surface area contributed by atoms with Crippen LogP contribution >= 0.6 is 27.7 Å². The van der Waals surface area contributed by atoms with Crippen molar-refractivity contribution in [2.24, 2.45) is 17.8 Å². The van der Waals surface area contributed by atoms with Crippen molar-refractivity contribution in [1.29, 1.82) is 0 Å². The number of amides is 2. The molecule has 1 aliphatic carbocycles. The average molecular weight is 380 g/mol. The number of rotatable bonds is 1. The molecule has 3 aliphatic heterocycles. The number of halogens is 1. The number of anilines is 1. The van der Waals surface area contributed by atoms with E-state index in [1.54, 1.807) is 17.8 Å². The molecule has 0 radical (unpaired) electrons. The second kappa shape index (κ2) is 4.93. The smallest absolute Gasteiger partial charge is 0.239 e. The van der Waals surface area contributed by atoms with Gasteiger partial charge in [-0.3, -0.25) is 14.4 Å². The Morgan fingerprint density at radius 3 is 2.59 bits per heavy atom. The molecule has 4 aliphatic rings.